The molecule has 5 nitrogen and oxygen atoms in total. The van der Waals surface area contributed by atoms with E-state index in [4.69, 9.17) is 0 Å². The quantitative estimate of drug-likeness (QED) is 0.826. The maximum Gasteiger partial charge on any atom is 0.233 e. The summed E-state index contributed by atoms with van der Waals surface area (Å²) in [6, 6.07) is 12.8. The molecule has 1 atom stereocenters. The number of benzene rings is 2. The van der Waals surface area contributed by atoms with Gasteiger partial charge in [-0.25, -0.2) is 8.42 Å². The van der Waals surface area contributed by atoms with E-state index in [0.717, 1.165) is 16.7 Å². The van der Waals surface area contributed by atoms with E-state index in [-0.39, 0.29) is 11.7 Å². The minimum atomic E-state index is -3.61. The Balaban J connectivity index is 2.00. The van der Waals surface area contributed by atoms with Gasteiger partial charge < -0.3 is 5.32 Å². The lowest BCUT2D eigenvalue weighted by Gasteiger charge is -2.15. The number of aryl methyl sites for hydroxylation is 3. The largest absolute Gasteiger partial charge is 0.326 e. The Kier molecular flexibility index (Phi) is 5.85. The van der Waals surface area contributed by atoms with Crippen LogP contribution in [0, 0.1) is 26.7 Å². The number of hydrogen-bond acceptors (Lipinski definition) is 3. The van der Waals surface area contributed by atoms with Gasteiger partial charge in [0, 0.05) is 11.4 Å². The van der Waals surface area contributed by atoms with Gasteiger partial charge in [-0.2, -0.15) is 0 Å². The molecule has 1 amide bonds. The fourth-order valence-electron chi connectivity index (χ4n) is 2.46. The number of hydrogen-bond donors (Lipinski definition) is 2. The Morgan fingerprint density at radius 1 is 1.00 bits per heavy atom. The highest BCUT2D eigenvalue weighted by atomic mass is 32.2. The van der Waals surface area contributed by atoms with Crippen LogP contribution in [0.5, 0.6) is 0 Å². The van der Waals surface area contributed by atoms with Crippen LogP contribution in [-0.4, -0.2) is 20.1 Å². The maximum atomic E-state index is 12.3. The third-order valence-electron chi connectivity index (χ3n) is 3.88. The molecule has 0 aliphatic heterocycles. The first-order valence-corrected chi connectivity index (χ1v) is 9.77. The number of carbonyl (C=O) groups excluding carboxylic acids is 1. The summed E-state index contributed by atoms with van der Waals surface area (Å²) in [7, 11) is -3.61. The van der Waals surface area contributed by atoms with Crippen molar-refractivity contribution in [3.63, 3.8) is 0 Å². The minimum absolute atomic E-state index is 0.280. The molecule has 0 bridgehead atoms. The second-order valence-electron chi connectivity index (χ2n) is 6.46. The highest BCUT2D eigenvalue weighted by Crippen LogP contribution is 2.18. The Bertz CT molecular complexity index is 859. The summed E-state index contributed by atoms with van der Waals surface area (Å²) < 4.78 is 27.1. The van der Waals surface area contributed by atoms with Crippen LogP contribution in [0.25, 0.3) is 0 Å². The molecule has 0 heterocycles. The molecule has 2 N–H and O–H groups in total. The van der Waals surface area contributed by atoms with E-state index in [9.17, 15) is 13.2 Å². The van der Waals surface area contributed by atoms with E-state index in [0.29, 0.717) is 11.4 Å². The molecule has 0 aliphatic rings. The van der Waals surface area contributed by atoms with Crippen molar-refractivity contribution < 1.29 is 13.2 Å². The third kappa shape index (κ3) is 5.60. The lowest BCUT2D eigenvalue weighted by molar-refractivity contribution is -0.118. The van der Waals surface area contributed by atoms with E-state index in [1.807, 2.05) is 51.1 Å². The topological polar surface area (TPSA) is 75.3 Å². The van der Waals surface area contributed by atoms with Crippen LogP contribution in [0.2, 0.25) is 0 Å². The SMILES string of the molecule is Cc1ccc(NS(=O)(=O)CC(C)C(=O)Nc2ccc(C)cc2C)cc1. The van der Waals surface area contributed by atoms with Crippen LogP contribution in [-0.2, 0) is 14.8 Å². The summed E-state index contributed by atoms with van der Waals surface area (Å²) in [6.45, 7) is 7.42. The van der Waals surface area contributed by atoms with E-state index < -0.39 is 15.9 Å². The minimum Gasteiger partial charge on any atom is -0.326 e. The van der Waals surface area contributed by atoms with Crippen molar-refractivity contribution in [2.45, 2.75) is 27.7 Å². The predicted molar refractivity (Wildman–Crippen MR) is 102 cm³/mol. The van der Waals surface area contributed by atoms with Gasteiger partial charge in [0.2, 0.25) is 15.9 Å². The summed E-state index contributed by atoms with van der Waals surface area (Å²) in [6.07, 6.45) is 0. The summed E-state index contributed by atoms with van der Waals surface area (Å²) >= 11 is 0. The molecule has 0 spiro atoms. The monoisotopic (exact) mass is 360 g/mol. The van der Waals surface area contributed by atoms with Crippen molar-refractivity contribution in [2.75, 3.05) is 15.8 Å². The summed E-state index contributed by atoms with van der Waals surface area (Å²) in [4.78, 5) is 12.3. The number of nitrogens with one attached hydrogen (secondary N) is 2. The van der Waals surface area contributed by atoms with Gasteiger partial charge >= 0.3 is 0 Å². The first-order valence-electron chi connectivity index (χ1n) is 8.11. The zero-order chi connectivity index (χ0) is 18.6. The van der Waals surface area contributed by atoms with Gasteiger partial charge in [-0.1, -0.05) is 42.3 Å². The van der Waals surface area contributed by atoms with E-state index in [1.54, 1.807) is 19.1 Å². The molecule has 6 heteroatoms. The third-order valence-corrected chi connectivity index (χ3v) is 5.37. The molecule has 0 fully saturated rings. The second kappa shape index (κ2) is 7.70. The Hall–Kier alpha value is -2.34. The van der Waals surface area contributed by atoms with Crippen molar-refractivity contribution in [2.24, 2.45) is 5.92 Å². The Morgan fingerprint density at radius 3 is 2.20 bits per heavy atom. The van der Waals surface area contributed by atoms with Gasteiger partial charge in [-0.15, -0.1) is 0 Å². The van der Waals surface area contributed by atoms with Crippen molar-refractivity contribution in [3.8, 4) is 0 Å². The number of sulfonamides is 1. The van der Waals surface area contributed by atoms with Crippen LogP contribution in [0.15, 0.2) is 42.5 Å². The number of amides is 1. The standard InChI is InChI=1S/C19H24N2O3S/c1-13-5-8-17(9-6-13)21-25(23,24)12-16(4)19(22)20-18-10-7-14(2)11-15(18)3/h5-11,16,21H,12H2,1-4H3,(H,20,22). The zero-order valence-corrected chi connectivity index (χ0v) is 15.8. The van der Waals surface area contributed by atoms with E-state index >= 15 is 0 Å². The molecule has 0 aromatic heterocycles. The molecule has 0 radical (unpaired) electrons. The van der Waals surface area contributed by atoms with Gasteiger partial charge in [-0.05, 0) is 44.5 Å². The lowest BCUT2D eigenvalue weighted by atomic mass is 10.1. The van der Waals surface area contributed by atoms with Gasteiger partial charge in [0.25, 0.3) is 0 Å². The van der Waals surface area contributed by atoms with Crippen molar-refractivity contribution in [1.29, 1.82) is 0 Å². The highest BCUT2D eigenvalue weighted by molar-refractivity contribution is 7.92. The fraction of sp³-hybridized carbons (Fsp3) is 0.316. The number of anilines is 2. The smallest absolute Gasteiger partial charge is 0.233 e. The molecular weight excluding hydrogens is 336 g/mol. The van der Waals surface area contributed by atoms with Crippen LogP contribution in [0.1, 0.15) is 23.6 Å². The molecule has 2 aromatic rings. The highest BCUT2D eigenvalue weighted by Gasteiger charge is 2.22. The number of rotatable bonds is 6. The fourth-order valence-corrected chi connectivity index (χ4v) is 3.85. The summed E-state index contributed by atoms with van der Waals surface area (Å²) in [5, 5.41) is 2.80. The molecule has 1 unspecified atom stereocenters. The van der Waals surface area contributed by atoms with Gasteiger partial charge in [0.1, 0.15) is 0 Å². The first kappa shape index (κ1) is 19.0. The van der Waals surface area contributed by atoms with Crippen LogP contribution < -0.4 is 10.0 Å². The average Bonchev–Trinajstić information content (AvgIpc) is 2.51. The Labute approximate surface area is 149 Å². The van der Waals surface area contributed by atoms with Crippen molar-refractivity contribution in [1.82, 2.24) is 0 Å². The lowest BCUT2D eigenvalue weighted by Crippen LogP contribution is -2.30. The normalized spacial score (nSPS) is 12.5. The molecular formula is C19H24N2O3S. The maximum absolute atomic E-state index is 12.3. The number of carbonyl (C=O) groups is 1. The van der Waals surface area contributed by atoms with Crippen LogP contribution in [0.4, 0.5) is 11.4 Å². The van der Waals surface area contributed by atoms with E-state index in [1.165, 1.54) is 0 Å². The van der Waals surface area contributed by atoms with Crippen LogP contribution >= 0.6 is 0 Å². The second-order valence-corrected chi connectivity index (χ2v) is 8.23. The summed E-state index contributed by atoms with van der Waals surface area (Å²) in [5.74, 6) is -1.28. The molecule has 134 valence electrons. The molecule has 0 saturated carbocycles. The van der Waals surface area contributed by atoms with Gasteiger partial charge in [0.05, 0.1) is 11.7 Å². The molecule has 2 rings (SSSR count). The molecule has 2 aromatic carbocycles. The van der Waals surface area contributed by atoms with Gasteiger partial charge in [-0.3, -0.25) is 9.52 Å². The predicted octanol–water partition coefficient (Wildman–Crippen LogP) is 3.63. The van der Waals surface area contributed by atoms with Crippen LogP contribution in [0.3, 0.4) is 0 Å². The molecule has 0 saturated heterocycles. The molecule has 0 aliphatic carbocycles. The summed E-state index contributed by atoms with van der Waals surface area (Å²) in [5.41, 5.74) is 4.29. The van der Waals surface area contributed by atoms with Crippen molar-refractivity contribution in [3.05, 3.63) is 59.2 Å². The van der Waals surface area contributed by atoms with E-state index in [2.05, 4.69) is 10.0 Å². The molecule has 25 heavy (non-hydrogen) atoms. The van der Waals surface area contributed by atoms with Gasteiger partial charge in [0.15, 0.2) is 0 Å². The average molecular weight is 360 g/mol. The first-order chi connectivity index (χ1) is 11.7. The van der Waals surface area contributed by atoms with Crippen molar-refractivity contribution >= 4 is 27.3 Å². The Morgan fingerprint density at radius 2 is 1.60 bits per heavy atom. The zero-order valence-electron chi connectivity index (χ0n) is 15.0.